The lowest BCUT2D eigenvalue weighted by Gasteiger charge is -2.27. The Morgan fingerprint density at radius 1 is 1.41 bits per heavy atom. The van der Waals surface area contributed by atoms with Gasteiger partial charge in [0.05, 0.1) is 4.92 Å². The average molecular weight is 233 g/mol. The topological polar surface area (TPSA) is 43.1 Å². The third kappa shape index (κ3) is 2.48. The van der Waals surface area contributed by atoms with E-state index in [4.69, 9.17) is 0 Å². The summed E-state index contributed by atoms with van der Waals surface area (Å²) in [7, 11) is 0. The predicted molar refractivity (Wildman–Crippen MR) is 68.3 cm³/mol. The highest BCUT2D eigenvalue weighted by atomic mass is 16.6. The summed E-state index contributed by atoms with van der Waals surface area (Å²) < 4.78 is 0. The Labute approximate surface area is 102 Å². The van der Waals surface area contributed by atoms with E-state index in [1.54, 1.807) is 6.07 Å². The van der Waals surface area contributed by atoms with E-state index < -0.39 is 0 Å². The van der Waals surface area contributed by atoms with E-state index >= 15 is 0 Å². The Morgan fingerprint density at radius 3 is 2.71 bits per heavy atom. The quantitative estimate of drug-likeness (QED) is 0.565. The zero-order valence-electron chi connectivity index (χ0n) is 10.3. The Kier molecular flexibility index (Phi) is 3.77. The maximum atomic E-state index is 11.1. The van der Waals surface area contributed by atoms with Gasteiger partial charge in [-0.2, -0.15) is 0 Å². The highest BCUT2D eigenvalue weighted by Gasteiger charge is 2.29. The highest BCUT2D eigenvalue weighted by Crippen LogP contribution is 2.42. The van der Waals surface area contributed by atoms with Crippen LogP contribution in [0.3, 0.4) is 0 Å². The van der Waals surface area contributed by atoms with E-state index in [-0.39, 0.29) is 4.92 Å². The van der Waals surface area contributed by atoms with E-state index in [0.717, 1.165) is 37.7 Å². The van der Waals surface area contributed by atoms with Gasteiger partial charge in [0, 0.05) is 11.6 Å². The number of unbranched alkanes of at least 4 members (excludes halogenated alkanes) is 1. The van der Waals surface area contributed by atoms with Gasteiger partial charge in [0.1, 0.15) is 0 Å². The molecular formula is C14H19NO2. The third-order valence-electron chi connectivity index (χ3n) is 3.68. The lowest BCUT2D eigenvalue weighted by atomic mass is 9.77. The van der Waals surface area contributed by atoms with Gasteiger partial charge in [-0.05, 0) is 37.2 Å². The number of nitrogens with zero attached hydrogens (tertiary/aromatic N) is 1. The standard InChI is InChI=1S/C14H19NO2/c1-2-3-6-11-9-5-10-13(15(16)17)14(11)12-7-4-8-12/h5,9-10,12H,2-4,6-8H2,1H3. The minimum Gasteiger partial charge on any atom is -0.258 e. The normalized spacial score (nSPS) is 15.6. The van der Waals surface area contributed by atoms with Crippen molar-refractivity contribution in [1.29, 1.82) is 0 Å². The van der Waals surface area contributed by atoms with Crippen molar-refractivity contribution >= 4 is 5.69 Å². The maximum Gasteiger partial charge on any atom is 0.273 e. The van der Waals surface area contributed by atoms with Gasteiger partial charge >= 0.3 is 0 Å². The van der Waals surface area contributed by atoms with Crippen LogP contribution in [0.5, 0.6) is 0 Å². The summed E-state index contributed by atoms with van der Waals surface area (Å²) >= 11 is 0. The largest absolute Gasteiger partial charge is 0.273 e. The summed E-state index contributed by atoms with van der Waals surface area (Å²) in [5.74, 6) is 0.434. The molecule has 92 valence electrons. The highest BCUT2D eigenvalue weighted by molar-refractivity contribution is 5.48. The molecule has 1 aliphatic rings. The fraction of sp³-hybridized carbons (Fsp3) is 0.571. The van der Waals surface area contributed by atoms with Crippen molar-refractivity contribution in [1.82, 2.24) is 0 Å². The summed E-state index contributed by atoms with van der Waals surface area (Å²) in [5.41, 5.74) is 2.56. The van der Waals surface area contributed by atoms with Crippen molar-refractivity contribution in [3.63, 3.8) is 0 Å². The molecule has 1 aromatic rings. The zero-order valence-corrected chi connectivity index (χ0v) is 10.3. The van der Waals surface area contributed by atoms with Gasteiger partial charge < -0.3 is 0 Å². The first-order valence-corrected chi connectivity index (χ1v) is 6.50. The predicted octanol–water partition coefficient (Wildman–Crippen LogP) is 4.20. The molecule has 17 heavy (non-hydrogen) atoms. The first kappa shape index (κ1) is 12.1. The van der Waals surface area contributed by atoms with Crippen LogP contribution in [0.4, 0.5) is 5.69 Å². The molecule has 0 bridgehead atoms. The van der Waals surface area contributed by atoms with E-state index in [1.807, 2.05) is 6.07 Å². The molecular weight excluding hydrogens is 214 g/mol. The van der Waals surface area contributed by atoms with Gasteiger partial charge in [-0.1, -0.05) is 31.9 Å². The van der Waals surface area contributed by atoms with Crippen molar-refractivity contribution in [2.24, 2.45) is 0 Å². The van der Waals surface area contributed by atoms with Gasteiger partial charge in [-0.3, -0.25) is 10.1 Å². The average Bonchev–Trinajstić information content (AvgIpc) is 2.25. The van der Waals surface area contributed by atoms with Crippen LogP contribution in [-0.4, -0.2) is 4.92 Å². The summed E-state index contributed by atoms with van der Waals surface area (Å²) in [6, 6.07) is 5.55. The number of hydrogen-bond donors (Lipinski definition) is 0. The molecule has 0 spiro atoms. The SMILES string of the molecule is CCCCc1cccc([N+](=O)[O-])c1C1CCC1. The molecule has 1 aromatic carbocycles. The zero-order chi connectivity index (χ0) is 12.3. The third-order valence-corrected chi connectivity index (χ3v) is 3.68. The second kappa shape index (κ2) is 5.30. The lowest BCUT2D eigenvalue weighted by Crippen LogP contribution is -2.13. The lowest BCUT2D eigenvalue weighted by molar-refractivity contribution is -0.385. The molecule has 0 N–H and O–H groups in total. The summed E-state index contributed by atoms with van der Waals surface area (Å²) in [5, 5.41) is 11.1. The first-order valence-electron chi connectivity index (χ1n) is 6.50. The molecule has 1 aliphatic carbocycles. The number of benzene rings is 1. The van der Waals surface area contributed by atoms with Crippen LogP contribution in [0.2, 0.25) is 0 Å². The number of aryl methyl sites for hydroxylation is 1. The van der Waals surface area contributed by atoms with Crippen molar-refractivity contribution in [2.75, 3.05) is 0 Å². The summed E-state index contributed by atoms with van der Waals surface area (Å²) in [6.07, 6.45) is 6.66. The van der Waals surface area contributed by atoms with Crippen LogP contribution >= 0.6 is 0 Å². The fourth-order valence-corrected chi connectivity index (χ4v) is 2.51. The van der Waals surface area contributed by atoms with Gasteiger partial charge in [-0.15, -0.1) is 0 Å². The fourth-order valence-electron chi connectivity index (χ4n) is 2.51. The smallest absolute Gasteiger partial charge is 0.258 e. The van der Waals surface area contributed by atoms with Crippen LogP contribution in [-0.2, 0) is 6.42 Å². The summed E-state index contributed by atoms with van der Waals surface area (Å²) in [6.45, 7) is 2.15. The van der Waals surface area contributed by atoms with Gasteiger partial charge in [0.2, 0.25) is 0 Å². The van der Waals surface area contributed by atoms with Gasteiger partial charge in [-0.25, -0.2) is 0 Å². The molecule has 0 unspecified atom stereocenters. The molecule has 3 heteroatoms. The Hall–Kier alpha value is -1.38. The maximum absolute atomic E-state index is 11.1. The molecule has 0 heterocycles. The number of nitro groups is 1. The van der Waals surface area contributed by atoms with E-state index in [2.05, 4.69) is 13.0 Å². The van der Waals surface area contributed by atoms with E-state index in [9.17, 15) is 10.1 Å². The van der Waals surface area contributed by atoms with Crippen LogP contribution in [0, 0.1) is 10.1 Å². The number of rotatable bonds is 5. The molecule has 0 aromatic heterocycles. The molecule has 1 saturated carbocycles. The van der Waals surface area contributed by atoms with Crippen LogP contribution < -0.4 is 0 Å². The van der Waals surface area contributed by atoms with Crippen LogP contribution in [0.25, 0.3) is 0 Å². The van der Waals surface area contributed by atoms with Crippen LogP contribution in [0.15, 0.2) is 18.2 Å². The van der Waals surface area contributed by atoms with Crippen LogP contribution in [0.1, 0.15) is 56.1 Å². The minimum atomic E-state index is -0.219. The van der Waals surface area contributed by atoms with Crippen molar-refractivity contribution in [2.45, 2.75) is 51.4 Å². The second-order valence-electron chi connectivity index (χ2n) is 4.84. The molecule has 2 rings (SSSR count). The van der Waals surface area contributed by atoms with E-state index in [0.29, 0.717) is 11.6 Å². The Bertz CT molecular complexity index is 411. The monoisotopic (exact) mass is 233 g/mol. The van der Waals surface area contributed by atoms with Crippen molar-refractivity contribution in [3.8, 4) is 0 Å². The number of hydrogen-bond acceptors (Lipinski definition) is 2. The van der Waals surface area contributed by atoms with Gasteiger partial charge in [0.15, 0.2) is 0 Å². The Balaban J connectivity index is 2.35. The molecule has 0 amide bonds. The minimum absolute atomic E-state index is 0.219. The molecule has 1 fully saturated rings. The first-order chi connectivity index (χ1) is 8.24. The molecule has 0 radical (unpaired) electrons. The Morgan fingerprint density at radius 2 is 2.18 bits per heavy atom. The van der Waals surface area contributed by atoms with E-state index in [1.165, 1.54) is 12.0 Å². The number of nitro benzene ring substituents is 1. The van der Waals surface area contributed by atoms with Crippen molar-refractivity contribution < 1.29 is 4.92 Å². The van der Waals surface area contributed by atoms with Crippen molar-refractivity contribution in [3.05, 3.63) is 39.4 Å². The second-order valence-corrected chi connectivity index (χ2v) is 4.84. The molecule has 3 nitrogen and oxygen atoms in total. The molecule has 0 saturated heterocycles. The molecule has 0 atom stereocenters. The van der Waals surface area contributed by atoms with Gasteiger partial charge in [0.25, 0.3) is 5.69 Å². The summed E-state index contributed by atoms with van der Waals surface area (Å²) in [4.78, 5) is 10.9. The molecule has 0 aliphatic heterocycles.